The van der Waals surface area contributed by atoms with Crippen molar-refractivity contribution < 1.29 is 14.4 Å². The molecule has 1 aliphatic heterocycles. The summed E-state index contributed by atoms with van der Waals surface area (Å²) in [5.74, 6) is -0.126. The molecule has 2 aromatic carbocycles. The Morgan fingerprint density at radius 1 is 1.07 bits per heavy atom. The van der Waals surface area contributed by atoms with Crippen molar-refractivity contribution in [2.75, 3.05) is 0 Å². The predicted octanol–water partition coefficient (Wildman–Crippen LogP) is 4.82. The molecule has 154 valence electrons. The number of hydrogen-bond acceptors (Lipinski definition) is 3. The van der Waals surface area contributed by atoms with Gasteiger partial charge in [0, 0.05) is 5.56 Å². The SMILES string of the molecule is CC(C)(C)[Si](C)(C)N1C(=O)CC1N(OCc1ccccc1)C(=O)c1ccccc1. The molecule has 5 nitrogen and oxygen atoms in total. The molecule has 1 unspecified atom stereocenters. The van der Waals surface area contributed by atoms with Gasteiger partial charge in [-0.3, -0.25) is 14.4 Å². The van der Waals surface area contributed by atoms with Gasteiger partial charge in [-0.15, -0.1) is 0 Å². The molecule has 29 heavy (non-hydrogen) atoms. The van der Waals surface area contributed by atoms with E-state index in [1.165, 1.54) is 5.06 Å². The minimum absolute atomic E-state index is 0.0256. The highest BCUT2D eigenvalue weighted by atomic mass is 28.3. The highest BCUT2D eigenvalue weighted by Crippen LogP contribution is 2.43. The molecule has 1 heterocycles. The lowest BCUT2D eigenvalue weighted by molar-refractivity contribution is -0.205. The number of rotatable bonds is 6. The number of benzene rings is 2. The molecule has 0 aromatic heterocycles. The van der Waals surface area contributed by atoms with E-state index >= 15 is 0 Å². The van der Waals surface area contributed by atoms with E-state index in [4.69, 9.17) is 4.84 Å². The Labute approximate surface area is 174 Å². The van der Waals surface area contributed by atoms with Crippen LogP contribution >= 0.6 is 0 Å². The zero-order valence-corrected chi connectivity index (χ0v) is 18.9. The summed E-state index contributed by atoms with van der Waals surface area (Å²) < 4.78 is 1.93. The first kappa shape index (κ1) is 21.3. The van der Waals surface area contributed by atoms with Gasteiger partial charge in [-0.2, -0.15) is 5.06 Å². The van der Waals surface area contributed by atoms with Crippen molar-refractivity contribution in [3.8, 4) is 0 Å². The summed E-state index contributed by atoms with van der Waals surface area (Å²) in [5, 5.41) is 1.40. The van der Waals surface area contributed by atoms with Gasteiger partial charge in [0.25, 0.3) is 5.91 Å². The summed E-state index contributed by atoms with van der Waals surface area (Å²) in [7, 11) is -2.16. The van der Waals surface area contributed by atoms with E-state index in [0.29, 0.717) is 12.0 Å². The Hall–Kier alpha value is -2.44. The van der Waals surface area contributed by atoms with E-state index in [9.17, 15) is 9.59 Å². The molecule has 2 amide bonds. The van der Waals surface area contributed by atoms with Gasteiger partial charge in [-0.25, -0.2) is 0 Å². The first-order valence-corrected chi connectivity index (χ1v) is 13.0. The van der Waals surface area contributed by atoms with Crippen LogP contribution in [0.4, 0.5) is 0 Å². The third kappa shape index (κ3) is 4.28. The van der Waals surface area contributed by atoms with Gasteiger partial charge < -0.3 is 4.57 Å². The van der Waals surface area contributed by atoms with Crippen LogP contribution in [0.5, 0.6) is 0 Å². The van der Waals surface area contributed by atoms with Crippen LogP contribution in [-0.4, -0.2) is 35.8 Å². The smallest absolute Gasteiger partial charge is 0.279 e. The molecule has 3 rings (SSSR count). The molecule has 0 N–H and O–H groups in total. The molecule has 2 aromatic rings. The van der Waals surface area contributed by atoms with Crippen LogP contribution in [0.3, 0.4) is 0 Å². The van der Waals surface area contributed by atoms with Crippen LogP contribution in [0.25, 0.3) is 0 Å². The minimum Gasteiger partial charge on any atom is -0.347 e. The lowest BCUT2D eigenvalue weighted by Crippen LogP contribution is -2.72. The molecule has 1 saturated heterocycles. The Kier molecular flexibility index (Phi) is 5.96. The van der Waals surface area contributed by atoms with Gasteiger partial charge in [0.2, 0.25) is 5.91 Å². The van der Waals surface area contributed by atoms with E-state index in [2.05, 4.69) is 33.9 Å². The standard InChI is InChI=1S/C23H30N2O3Si/c1-23(2,3)29(4,5)25-20(16-21(25)26)24(22(27)19-14-10-7-11-15-19)28-17-18-12-8-6-9-13-18/h6-15,20H,16-17H2,1-5H3. The fourth-order valence-electron chi connectivity index (χ4n) is 3.34. The first-order valence-electron chi connectivity index (χ1n) is 10.0. The van der Waals surface area contributed by atoms with Gasteiger partial charge in [0.05, 0.1) is 6.42 Å². The summed E-state index contributed by atoms with van der Waals surface area (Å²) in [6, 6.07) is 18.8. The third-order valence-electron chi connectivity index (χ3n) is 6.07. The highest BCUT2D eigenvalue weighted by molar-refractivity contribution is 6.80. The van der Waals surface area contributed by atoms with Crippen molar-refractivity contribution >= 4 is 20.0 Å². The maximum Gasteiger partial charge on any atom is 0.279 e. The van der Waals surface area contributed by atoms with Gasteiger partial charge in [0.1, 0.15) is 12.8 Å². The minimum atomic E-state index is -2.16. The Balaban J connectivity index is 1.90. The van der Waals surface area contributed by atoms with Crippen molar-refractivity contribution in [2.24, 2.45) is 0 Å². The van der Waals surface area contributed by atoms with E-state index in [1.54, 1.807) is 12.1 Å². The maximum absolute atomic E-state index is 13.3. The molecular weight excluding hydrogens is 380 g/mol. The van der Waals surface area contributed by atoms with Crippen molar-refractivity contribution in [1.82, 2.24) is 9.63 Å². The molecule has 0 saturated carbocycles. The van der Waals surface area contributed by atoms with Crippen molar-refractivity contribution in [3.05, 3.63) is 71.8 Å². The van der Waals surface area contributed by atoms with E-state index in [0.717, 1.165) is 5.56 Å². The maximum atomic E-state index is 13.3. The molecular formula is C23H30N2O3Si. The largest absolute Gasteiger partial charge is 0.347 e. The molecule has 0 bridgehead atoms. The van der Waals surface area contributed by atoms with E-state index < -0.39 is 8.24 Å². The lowest BCUT2D eigenvalue weighted by Gasteiger charge is -2.56. The summed E-state index contributed by atoms with van der Waals surface area (Å²) in [5.41, 5.74) is 1.53. The van der Waals surface area contributed by atoms with Crippen LogP contribution in [-0.2, 0) is 16.2 Å². The molecule has 1 fully saturated rings. The van der Waals surface area contributed by atoms with Gasteiger partial charge >= 0.3 is 0 Å². The van der Waals surface area contributed by atoms with Crippen LogP contribution in [0.2, 0.25) is 18.1 Å². The Bertz CT molecular complexity index is 863. The molecule has 0 aliphatic carbocycles. The second kappa shape index (κ2) is 8.12. The number of carbonyl (C=O) groups excluding carboxylic acids is 2. The summed E-state index contributed by atoms with van der Waals surface area (Å²) in [4.78, 5) is 32.0. The van der Waals surface area contributed by atoms with Crippen molar-refractivity contribution in [3.63, 3.8) is 0 Å². The zero-order chi connectivity index (χ0) is 21.2. The summed E-state index contributed by atoms with van der Waals surface area (Å²) >= 11 is 0. The van der Waals surface area contributed by atoms with Crippen LogP contribution in [0.1, 0.15) is 43.1 Å². The van der Waals surface area contributed by atoms with Gasteiger partial charge in [0.15, 0.2) is 8.24 Å². The first-order chi connectivity index (χ1) is 13.6. The molecule has 6 heteroatoms. The second-order valence-electron chi connectivity index (χ2n) is 9.01. The second-order valence-corrected chi connectivity index (χ2v) is 14.1. The van der Waals surface area contributed by atoms with E-state index in [1.807, 2.05) is 53.1 Å². The Morgan fingerprint density at radius 3 is 2.14 bits per heavy atom. The molecule has 1 atom stereocenters. The lowest BCUT2D eigenvalue weighted by atomic mass is 10.1. The number of carbonyl (C=O) groups is 2. The summed E-state index contributed by atoms with van der Waals surface area (Å²) in [6.45, 7) is 11.1. The Morgan fingerprint density at radius 2 is 1.62 bits per heavy atom. The number of amides is 2. The molecule has 1 aliphatic rings. The number of hydrogen-bond donors (Lipinski definition) is 0. The molecule has 0 spiro atoms. The highest BCUT2D eigenvalue weighted by Gasteiger charge is 2.55. The average Bonchev–Trinajstić information content (AvgIpc) is 2.67. The number of β-lactam (4-membered cyclic amide) rings is 1. The van der Waals surface area contributed by atoms with Gasteiger partial charge in [-0.1, -0.05) is 82.4 Å². The van der Waals surface area contributed by atoms with E-state index in [-0.39, 0.29) is 29.6 Å². The fourth-order valence-corrected chi connectivity index (χ4v) is 5.72. The van der Waals surface area contributed by atoms with Crippen LogP contribution in [0.15, 0.2) is 60.7 Å². The van der Waals surface area contributed by atoms with Crippen LogP contribution in [0, 0.1) is 0 Å². The number of hydroxylamine groups is 2. The monoisotopic (exact) mass is 410 g/mol. The van der Waals surface area contributed by atoms with Gasteiger partial charge in [-0.05, 0) is 22.7 Å². The quantitative estimate of drug-likeness (QED) is 0.390. The summed E-state index contributed by atoms with van der Waals surface area (Å²) in [6.07, 6.45) is -0.0836. The van der Waals surface area contributed by atoms with Crippen molar-refractivity contribution in [2.45, 2.75) is 58.1 Å². The van der Waals surface area contributed by atoms with Crippen LogP contribution < -0.4 is 0 Å². The van der Waals surface area contributed by atoms with Crippen molar-refractivity contribution in [1.29, 1.82) is 0 Å². The average molecular weight is 411 g/mol. The third-order valence-corrected chi connectivity index (χ3v) is 11.5. The normalized spacial score (nSPS) is 17.1. The molecule has 0 radical (unpaired) electrons. The topological polar surface area (TPSA) is 49.9 Å². The fraction of sp³-hybridized carbons (Fsp3) is 0.391. The zero-order valence-electron chi connectivity index (χ0n) is 17.9. The number of nitrogens with zero attached hydrogens (tertiary/aromatic N) is 2. The predicted molar refractivity (Wildman–Crippen MR) is 116 cm³/mol.